The third kappa shape index (κ3) is 1.40. The van der Waals surface area contributed by atoms with Crippen molar-refractivity contribution in [1.82, 2.24) is 30.1 Å². The zero-order valence-electron chi connectivity index (χ0n) is 8.28. The number of nitrogens with zero attached hydrogens (tertiary/aromatic N) is 5. The van der Waals surface area contributed by atoms with E-state index in [-0.39, 0.29) is 5.82 Å². The van der Waals surface area contributed by atoms with Crippen molar-refractivity contribution in [1.29, 1.82) is 0 Å². The van der Waals surface area contributed by atoms with Gasteiger partial charge in [0.1, 0.15) is 18.2 Å². The van der Waals surface area contributed by atoms with Gasteiger partial charge in [0, 0.05) is 6.20 Å². The molecule has 0 aliphatic carbocycles. The zero-order chi connectivity index (χ0) is 11.8. The predicted octanol–water partition coefficient (Wildman–Crippen LogP) is 0.651. The molecule has 0 unspecified atom stereocenters. The molecule has 0 atom stereocenters. The van der Waals surface area contributed by atoms with Crippen LogP contribution in [0.5, 0.6) is 0 Å². The van der Waals surface area contributed by atoms with Crippen LogP contribution in [0.4, 0.5) is 5.82 Å². The van der Waals surface area contributed by atoms with Crippen LogP contribution in [0.15, 0.2) is 18.7 Å². The SMILES string of the molecule is O=[N+]([O-])c1cnc(-c2[nH]nc3ncncc23)[nH]1. The van der Waals surface area contributed by atoms with Crippen molar-refractivity contribution in [3.05, 3.63) is 28.8 Å². The first-order chi connectivity index (χ1) is 8.25. The van der Waals surface area contributed by atoms with Gasteiger partial charge in [-0.1, -0.05) is 0 Å². The summed E-state index contributed by atoms with van der Waals surface area (Å²) >= 11 is 0. The van der Waals surface area contributed by atoms with Gasteiger partial charge in [0.25, 0.3) is 0 Å². The number of H-pyrrole nitrogens is 2. The molecule has 84 valence electrons. The first kappa shape index (κ1) is 9.39. The molecule has 3 aromatic heterocycles. The highest BCUT2D eigenvalue weighted by molar-refractivity contribution is 5.87. The van der Waals surface area contributed by atoms with E-state index in [1.807, 2.05) is 0 Å². The van der Waals surface area contributed by atoms with Crippen molar-refractivity contribution in [2.24, 2.45) is 0 Å². The summed E-state index contributed by atoms with van der Waals surface area (Å²) in [4.78, 5) is 24.3. The number of nitrogens with one attached hydrogen (secondary N) is 2. The summed E-state index contributed by atoms with van der Waals surface area (Å²) in [5, 5.41) is 17.8. The van der Waals surface area contributed by atoms with E-state index in [4.69, 9.17) is 0 Å². The second kappa shape index (κ2) is 3.33. The van der Waals surface area contributed by atoms with Crippen LogP contribution >= 0.6 is 0 Å². The Morgan fingerprint density at radius 3 is 2.94 bits per heavy atom. The number of nitro groups is 1. The molecule has 0 aliphatic rings. The Kier molecular flexibility index (Phi) is 1.84. The zero-order valence-corrected chi connectivity index (χ0v) is 8.28. The maximum atomic E-state index is 10.5. The van der Waals surface area contributed by atoms with Gasteiger partial charge in [-0.25, -0.2) is 19.9 Å². The molecule has 3 aromatic rings. The van der Waals surface area contributed by atoms with Gasteiger partial charge in [0.2, 0.25) is 5.82 Å². The van der Waals surface area contributed by atoms with Gasteiger partial charge in [-0.15, -0.1) is 0 Å². The molecule has 0 fully saturated rings. The molecule has 0 amide bonds. The van der Waals surface area contributed by atoms with Crippen LogP contribution in [0.3, 0.4) is 0 Å². The van der Waals surface area contributed by atoms with Crippen LogP contribution < -0.4 is 0 Å². The lowest BCUT2D eigenvalue weighted by atomic mass is 10.3. The Labute approximate surface area is 93.1 Å². The molecule has 0 saturated carbocycles. The van der Waals surface area contributed by atoms with Gasteiger partial charge in [-0.05, 0) is 4.92 Å². The van der Waals surface area contributed by atoms with Gasteiger partial charge >= 0.3 is 5.82 Å². The molecule has 2 N–H and O–H groups in total. The van der Waals surface area contributed by atoms with Crippen LogP contribution in [-0.2, 0) is 0 Å². The second-order valence-electron chi connectivity index (χ2n) is 3.23. The molecule has 3 rings (SSSR count). The summed E-state index contributed by atoms with van der Waals surface area (Å²) in [5.41, 5.74) is 1.00. The number of aromatic amines is 2. The van der Waals surface area contributed by atoms with Gasteiger partial charge in [0.05, 0.1) is 5.39 Å². The fraction of sp³-hybridized carbons (Fsp3) is 0. The van der Waals surface area contributed by atoms with Crippen molar-refractivity contribution < 1.29 is 4.92 Å². The quantitative estimate of drug-likeness (QED) is 0.492. The molecule has 9 nitrogen and oxygen atoms in total. The third-order valence-electron chi connectivity index (χ3n) is 2.23. The first-order valence-corrected chi connectivity index (χ1v) is 4.59. The van der Waals surface area contributed by atoms with Crippen molar-refractivity contribution in [2.45, 2.75) is 0 Å². The number of hydrogen-bond acceptors (Lipinski definition) is 6. The molecule has 0 aromatic carbocycles. The fourth-order valence-electron chi connectivity index (χ4n) is 1.47. The van der Waals surface area contributed by atoms with E-state index in [0.29, 0.717) is 22.6 Å². The molecular weight excluding hydrogens is 226 g/mol. The van der Waals surface area contributed by atoms with Crippen LogP contribution in [0.1, 0.15) is 0 Å². The minimum absolute atomic E-state index is 0.181. The summed E-state index contributed by atoms with van der Waals surface area (Å²) in [7, 11) is 0. The lowest BCUT2D eigenvalue weighted by Crippen LogP contribution is -1.87. The summed E-state index contributed by atoms with van der Waals surface area (Å²) in [6.45, 7) is 0. The second-order valence-corrected chi connectivity index (χ2v) is 3.23. The van der Waals surface area contributed by atoms with Gasteiger partial charge in [0.15, 0.2) is 5.65 Å². The van der Waals surface area contributed by atoms with Crippen molar-refractivity contribution in [2.75, 3.05) is 0 Å². The highest BCUT2D eigenvalue weighted by atomic mass is 16.6. The van der Waals surface area contributed by atoms with E-state index in [1.165, 1.54) is 6.33 Å². The van der Waals surface area contributed by atoms with E-state index in [1.54, 1.807) is 6.20 Å². The summed E-state index contributed by atoms with van der Waals surface area (Å²) in [6, 6.07) is 0. The van der Waals surface area contributed by atoms with E-state index < -0.39 is 4.92 Å². The van der Waals surface area contributed by atoms with Crippen LogP contribution in [0.25, 0.3) is 22.6 Å². The summed E-state index contributed by atoms with van der Waals surface area (Å²) in [6.07, 6.45) is 4.08. The van der Waals surface area contributed by atoms with Crippen molar-refractivity contribution in [3.63, 3.8) is 0 Å². The number of rotatable bonds is 2. The largest absolute Gasteiger partial charge is 0.358 e. The molecule has 0 radical (unpaired) electrons. The Morgan fingerprint density at radius 1 is 1.29 bits per heavy atom. The number of aromatic nitrogens is 6. The van der Waals surface area contributed by atoms with Crippen LogP contribution in [-0.4, -0.2) is 35.1 Å². The Balaban J connectivity index is 2.17. The predicted molar refractivity (Wildman–Crippen MR) is 55.9 cm³/mol. The van der Waals surface area contributed by atoms with Crippen LogP contribution in [0, 0.1) is 10.1 Å². The lowest BCUT2D eigenvalue weighted by Gasteiger charge is -1.89. The van der Waals surface area contributed by atoms with E-state index in [0.717, 1.165) is 6.20 Å². The summed E-state index contributed by atoms with van der Waals surface area (Å²) in [5.74, 6) is 0.147. The molecule has 9 heteroatoms. The number of hydrogen-bond donors (Lipinski definition) is 2. The number of fused-ring (bicyclic) bond motifs is 1. The number of imidazole rings is 1. The lowest BCUT2D eigenvalue weighted by molar-refractivity contribution is -0.389. The Morgan fingerprint density at radius 2 is 2.18 bits per heavy atom. The molecule has 0 saturated heterocycles. The van der Waals surface area contributed by atoms with E-state index >= 15 is 0 Å². The normalized spacial score (nSPS) is 10.8. The Hall–Kier alpha value is -2.84. The minimum Gasteiger partial charge on any atom is -0.358 e. The van der Waals surface area contributed by atoms with E-state index in [9.17, 15) is 10.1 Å². The highest BCUT2D eigenvalue weighted by Crippen LogP contribution is 2.23. The van der Waals surface area contributed by atoms with Crippen molar-refractivity contribution in [3.8, 4) is 11.5 Å². The third-order valence-corrected chi connectivity index (χ3v) is 2.23. The monoisotopic (exact) mass is 231 g/mol. The maximum absolute atomic E-state index is 10.5. The van der Waals surface area contributed by atoms with Crippen molar-refractivity contribution >= 4 is 16.9 Å². The summed E-state index contributed by atoms with van der Waals surface area (Å²) < 4.78 is 0. The smallest absolute Gasteiger partial charge is 0.340 e. The standard InChI is InChI=1S/C8H5N7O2/c16-15(17)5-2-10-8(12-5)6-4-1-9-3-11-7(4)14-13-6/h1-3H,(H,10,12)(H,9,11,13,14). The van der Waals surface area contributed by atoms with Crippen LogP contribution in [0.2, 0.25) is 0 Å². The van der Waals surface area contributed by atoms with Gasteiger partial charge in [-0.3, -0.25) is 5.10 Å². The molecule has 0 spiro atoms. The molecular formula is C8H5N7O2. The first-order valence-electron chi connectivity index (χ1n) is 4.59. The fourth-order valence-corrected chi connectivity index (χ4v) is 1.47. The molecule has 3 heterocycles. The average Bonchev–Trinajstić information content (AvgIpc) is 2.95. The Bertz CT molecular complexity index is 701. The van der Waals surface area contributed by atoms with Gasteiger partial charge < -0.3 is 10.1 Å². The van der Waals surface area contributed by atoms with E-state index in [2.05, 4.69) is 30.1 Å². The molecule has 17 heavy (non-hydrogen) atoms. The van der Waals surface area contributed by atoms with Gasteiger partial charge in [-0.2, -0.15) is 5.10 Å². The molecule has 0 aliphatic heterocycles. The average molecular weight is 231 g/mol. The minimum atomic E-state index is -0.550. The maximum Gasteiger partial charge on any atom is 0.340 e. The topological polar surface area (TPSA) is 126 Å². The molecule has 0 bridgehead atoms. The highest BCUT2D eigenvalue weighted by Gasteiger charge is 2.17.